The zero-order chi connectivity index (χ0) is 33.0. The van der Waals surface area contributed by atoms with Crippen LogP contribution in [0.5, 0.6) is 0 Å². The minimum atomic E-state index is 0.700. The van der Waals surface area contributed by atoms with Gasteiger partial charge in [0, 0.05) is 33.2 Å². The summed E-state index contributed by atoms with van der Waals surface area (Å²) in [5, 5.41) is 2.46. The van der Waals surface area contributed by atoms with Gasteiger partial charge in [-0.15, -0.1) is 0 Å². The minimum absolute atomic E-state index is 0.700. The summed E-state index contributed by atoms with van der Waals surface area (Å²) in [5.74, 6) is 0.700. The molecule has 10 rings (SSSR count). The van der Waals surface area contributed by atoms with Gasteiger partial charge >= 0.3 is 0 Å². The smallest absolute Gasteiger partial charge is 0.160 e. The summed E-state index contributed by atoms with van der Waals surface area (Å²) in [6.07, 6.45) is 0. The van der Waals surface area contributed by atoms with Crippen LogP contribution in [-0.2, 0) is 0 Å². The van der Waals surface area contributed by atoms with Gasteiger partial charge in [-0.3, -0.25) is 0 Å². The van der Waals surface area contributed by atoms with Gasteiger partial charge in [0.05, 0.1) is 39.5 Å². The molecule has 0 aliphatic carbocycles. The molecule has 0 saturated heterocycles. The van der Waals surface area contributed by atoms with Crippen molar-refractivity contribution in [2.75, 3.05) is 4.90 Å². The van der Waals surface area contributed by atoms with Crippen molar-refractivity contribution in [1.29, 1.82) is 0 Å². The van der Waals surface area contributed by atoms with Gasteiger partial charge < -0.3 is 9.47 Å². The van der Waals surface area contributed by atoms with Crippen LogP contribution in [0.15, 0.2) is 182 Å². The van der Waals surface area contributed by atoms with E-state index in [1.165, 1.54) is 27.5 Å². The molecule has 0 fully saturated rings. The molecule has 1 aliphatic rings. The fourth-order valence-electron chi connectivity index (χ4n) is 7.42. The maximum Gasteiger partial charge on any atom is 0.160 e. The maximum absolute atomic E-state index is 5.13. The van der Waals surface area contributed by atoms with Crippen LogP contribution in [0.1, 0.15) is 0 Å². The molecule has 0 amide bonds. The molecule has 0 N–H and O–H groups in total. The fraction of sp³-hybridized carbons (Fsp3) is 0. The minimum Gasteiger partial charge on any atom is -0.306 e. The predicted molar refractivity (Wildman–Crippen MR) is 206 cm³/mol. The predicted octanol–water partition coefficient (Wildman–Crippen LogP) is 12.0. The van der Waals surface area contributed by atoms with E-state index in [0.717, 1.165) is 56.3 Å². The lowest BCUT2D eigenvalue weighted by Gasteiger charge is -2.33. The van der Waals surface area contributed by atoms with Crippen molar-refractivity contribution in [1.82, 2.24) is 14.5 Å². The molecule has 0 bridgehead atoms. The van der Waals surface area contributed by atoms with Crippen molar-refractivity contribution < 1.29 is 0 Å². The Kier molecular flexibility index (Phi) is 6.46. The van der Waals surface area contributed by atoms with Crippen molar-refractivity contribution in [2.24, 2.45) is 0 Å². The van der Waals surface area contributed by atoms with Gasteiger partial charge in [-0.1, -0.05) is 127 Å². The Bertz CT molecular complexity index is 2640. The number of para-hydroxylation sites is 4. The van der Waals surface area contributed by atoms with Crippen molar-refractivity contribution >= 4 is 38.9 Å². The van der Waals surface area contributed by atoms with Crippen molar-refractivity contribution in [3.63, 3.8) is 0 Å². The standard InChI is InChI=1S/C46H30N4/c1-4-15-31(16-5-1)39-30-40(32-17-6-2-7-18-32)48-46(47-39)34-20-14-19-33(27-34)35-28-38-37-23-10-11-24-41(37)50-43-26-13-12-25-42(43)49(44(29-35)45(38)50)36-21-8-3-9-22-36/h1-30H. The topological polar surface area (TPSA) is 34.0 Å². The largest absolute Gasteiger partial charge is 0.306 e. The van der Waals surface area contributed by atoms with E-state index in [4.69, 9.17) is 9.97 Å². The van der Waals surface area contributed by atoms with Crippen LogP contribution in [0, 0.1) is 0 Å². The molecule has 1 aliphatic heterocycles. The molecule has 4 heteroatoms. The monoisotopic (exact) mass is 638 g/mol. The second-order valence-electron chi connectivity index (χ2n) is 12.7. The van der Waals surface area contributed by atoms with Gasteiger partial charge in [-0.2, -0.15) is 0 Å². The molecule has 234 valence electrons. The van der Waals surface area contributed by atoms with Gasteiger partial charge in [0.2, 0.25) is 0 Å². The number of hydrogen-bond acceptors (Lipinski definition) is 3. The number of benzene rings is 7. The highest BCUT2D eigenvalue weighted by Crippen LogP contribution is 2.51. The average Bonchev–Trinajstić information content (AvgIpc) is 3.54. The molecule has 0 atom stereocenters. The summed E-state index contributed by atoms with van der Waals surface area (Å²) in [4.78, 5) is 12.7. The third-order valence-corrected chi connectivity index (χ3v) is 9.69. The fourth-order valence-corrected chi connectivity index (χ4v) is 7.42. The summed E-state index contributed by atoms with van der Waals surface area (Å²) in [6.45, 7) is 0. The summed E-state index contributed by atoms with van der Waals surface area (Å²) < 4.78 is 2.43. The number of anilines is 3. The third kappa shape index (κ3) is 4.54. The van der Waals surface area contributed by atoms with Crippen LogP contribution in [0.3, 0.4) is 0 Å². The van der Waals surface area contributed by atoms with E-state index >= 15 is 0 Å². The first-order valence-corrected chi connectivity index (χ1v) is 16.9. The summed E-state index contributed by atoms with van der Waals surface area (Å²) >= 11 is 0. The first kappa shape index (κ1) is 28.3. The van der Waals surface area contributed by atoms with E-state index < -0.39 is 0 Å². The van der Waals surface area contributed by atoms with Crippen LogP contribution in [0.2, 0.25) is 0 Å². The Morgan fingerprint density at radius 3 is 1.66 bits per heavy atom. The van der Waals surface area contributed by atoms with Crippen molar-refractivity contribution in [2.45, 2.75) is 0 Å². The number of rotatable bonds is 5. The maximum atomic E-state index is 5.13. The molecule has 2 aromatic heterocycles. The van der Waals surface area contributed by atoms with Crippen LogP contribution in [0.25, 0.3) is 72.5 Å². The van der Waals surface area contributed by atoms with Gasteiger partial charge in [-0.05, 0) is 65.7 Å². The van der Waals surface area contributed by atoms with E-state index in [9.17, 15) is 0 Å². The van der Waals surface area contributed by atoms with Crippen LogP contribution >= 0.6 is 0 Å². The van der Waals surface area contributed by atoms with Crippen LogP contribution < -0.4 is 4.90 Å². The van der Waals surface area contributed by atoms with E-state index in [0.29, 0.717) is 5.82 Å². The molecule has 9 aromatic rings. The van der Waals surface area contributed by atoms with Crippen molar-refractivity contribution in [3.8, 4) is 50.7 Å². The lowest BCUT2D eigenvalue weighted by molar-refractivity contribution is 1.11. The van der Waals surface area contributed by atoms with Crippen LogP contribution in [-0.4, -0.2) is 14.5 Å². The summed E-state index contributed by atoms with van der Waals surface area (Å²) in [7, 11) is 0. The first-order valence-electron chi connectivity index (χ1n) is 16.9. The van der Waals surface area contributed by atoms with E-state index in [1.54, 1.807) is 0 Å². The molecule has 3 heterocycles. The van der Waals surface area contributed by atoms with Gasteiger partial charge in [-0.25, -0.2) is 9.97 Å². The Hall–Kier alpha value is -6.78. The highest BCUT2D eigenvalue weighted by Gasteiger charge is 2.29. The molecule has 0 spiro atoms. The molecule has 0 saturated carbocycles. The van der Waals surface area contributed by atoms with Gasteiger partial charge in [0.25, 0.3) is 0 Å². The Balaban J connectivity index is 1.20. The molecular weight excluding hydrogens is 609 g/mol. The quantitative estimate of drug-likeness (QED) is 0.188. The number of fused-ring (bicyclic) bond motifs is 5. The summed E-state index contributed by atoms with van der Waals surface area (Å²) in [5.41, 5.74) is 14.2. The molecular formula is C46H30N4. The first-order chi connectivity index (χ1) is 24.8. The highest BCUT2D eigenvalue weighted by molar-refractivity contribution is 6.18. The van der Waals surface area contributed by atoms with Gasteiger partial charge in [0.15, 0.2) is 5.82 Å². The molecule has 7 aromatic carbocycles. The normalized spacial score (nSPS) is 12.0. The molecule has 50 heavy (non-hydrogen) atoms. The van der Waals surface area contributed by atoms with E-state index in [2.05, 4.69) is 179 Å². The van der Waals surface area contributed by atoms with E-state index in [1.807, 2.05) is 12.1 Å². The number of hydrogen-bond donors (Lipinski definition) is 0. The van der Waals surface area contributed by atoms with Crippen molar-refractivity contribution in [3.05, 3.63) is 182 Å². The number of nitrogens with zero attached hydrogens (tertiary/aromatic N) is 4. The summed E-state index contributed by atoms with van der Waals surface area (Å²) in [6, 6.07) is 64.3. The van der Waals surface area contributed by atoms with Crippen LogP contribution in [0.4, 0.5) is 17.1 Å². The third-order valence-electron chi connectivity index (χ3n) is 9.69. The molecule has 0 radical (unpaired) electrons. The Morgan fingerprint density at radius 1 is 0.360 bits per heavy atom. The molecule has 0 unspecified atom stereocenters. The highest BCUT2D eigenvalue weighted by atomic mass is 15.2. The lowest BCUT2D eigenvalue weighted by atomic mass is 9.98. The zero-order valence-corrected chi connectivity index (χ0v) is 27.1. The second kappa shape index (κ2) is 11.4. The SMILES string of the molecule is c1ccc(-c2cc(-c3ccccc3)nc(-c3cccc(-c4cc5c6c(c4)c4ccccc4n6-c4ccccc4N5c4ccccc4)c3)n2)cc1. The van der Waals surface area contributed by atoms with E-state index in [-0.39, 0.29) is 0 Å². The Morgan fingerprint density at radius 2 is 0.940 bits per heavy atom. The van der Waals surface area contributed by atoms with Gasteiger partial charge in [0.1, 0.15) is 0 Å². The zero-order valence-electron chi connectivity index (χ0n) is 27.1. The second-order valence-corrected chi connectivity index (χ2v) is 12.7. The lowest BCUT2D eigenvalue weighted by Crippen LogP contribution is -2.18. The average molecular weight is 639 g/mol. The molecule has 4 nitrogen and oxygen atoms in total. The Labute approximate surface area is 290 Å². The number of aromatic nitrogens is 3.